The number of fused-ring (bicyclic) bond motifs is 1. The van der Waals surface area contributed by atoms with Crippen LogP contribution in [0, 0.1) is 6.92 Å². The van der Waals surface area contributed by atoms with Crippen LogP contribution in [0.25, 0.3) is 22.4 Å². The van der Waals surface area contributed by atoms with Crippen molar-refractivity contribution in [2.75, 3.05) is 5.32 Å². The van der Waals surface area contributed by atoms with Crippen molar-refractivity contribution in [1.29, 1.82) is 0 Å². The third kappa shape index (κ3) is 3.01. The van der Waals surface area contributed by atoms with Crippen LogP contribution in [0.2, 0.25) is 0 Å². The number of rotatable bonds is 4. The zero-order chi connectivity index (χ0) is 17.2. The summed E-state index contributed by atoms with van der Waals surface area (Å²) in [5.74, 6) is 2.29. The highest BCUT2D eigenvalue weighted by molar-refractivity contribution is 5.86. The van der Waals surface area contributed by atoms with Crippen molar-refractivity contribution < 1.29 is 4.52 Å². The summed E-state index contributed by atoms with van der Waals surface area (Å²) in [6, 6.07) is 7.26. The van der Waals surface area contributed by atoms with E-state index in [0.717, 1.165) is 10.9 Å². The molecular weight excluding hydrogens is 318 g/mol. The average molecular weight is 333 g/mol. The smallest absolute Gasteiger partial charge is 0.249 e. The first-order chi connectivity index (χ1) is 12.2. The second kappa shape index (κ2) is 6.23. The van der Waals surface area contributed by atoms with Crippen LogP contribution in [0.15, 0.2) is 47.4 Å². The number of hydrogen-bond acceptors (Lipinski definition) is 8. The summed E-state index contributed by atoms with van der Waals surface area (Å²) in [5, 5.41) is 8.16. The maximum Gasteiger partial charge on any atom is 0.249 e. The third-order valence-corrected chi connectivity index (χ3v) is 3.67. The van der Waals surface area contributed by atoms with Crippen LogP contribution in [-0.2, 0) is 0 Å². The topological polar surface area (TPSA) is 103 Å². The van der Waals surface area contributed by atoms with E-state index in [1.807, 2.05) is 38.1 Å². The van der Waals surface area contributed by atoms with Crippen LogP contribution in [0.1, 0.15) is 24.7 Å². The predicted molar refractivity (Wildman–Crippen MR) is 91.6 cm³/mol. The Morgan fingerprint density at radius 2 is 1.96 bits per heavy atom. The van der Waals surface area contributed by atoms with Gasteiger partial charge in [-0.25, -0.2) is 15.0 Å². The van der Waals surface area contributed by atoms with Gasteiger partial charge in [-0.1, -0.05) is 5.16 Å². The fraction of sp³-hybridized carbons (Fsp3) is 0.176. The van der Waals surface area contributed by atoms with Crippen LogP contribution in [0.3, 0.4) is 0 Å². The lowest BCUT2D eigenvalue weighted by atomic mass is 10.2. The van der Waals surface area contributed by atoms with Crippen LogP contribution < -0.4 is 5.32 Å². The normalized spacial score (nSPS) is 12.2. The molecule has 4 aromatic rings. The highest BCUT2D eigenvalue weighted by Gasteiger charge is 2.17. The van der Waals surface area contributed by atoms with Crippen LogP contribution in [0.5, 0.6) is 0 Å². The molecule has 0 spiro atoms. The van der Waals surface area contributed by atoms with E-state index in [1.165, 1.54) is 0 Å². The van der Waals surface area contributed by atoms with Crippen molar-refractivity contribution in [3.63, 3.8) is 0 Å². The van der Waals surface area contributed by atoms with Crippen molar-refractivity contribution in [2.24, 2.45) is 0 Å². The molecule has 1 N–H and O–H groups in total. The molecule has 25 heavy (non-hydrogen) atoms. The number of anilines is 1. The van der Waals surface area contributed by atoms with E-state index in [2.05, 4.69) is 35.4 Å². The quantitative estimate of drug-likeness (QED) is 0.608. The standard InChI is InChI=1S/C17H15N7O/c1-10(17-23-14(24-25-17)12-5-3-7-18-9-12)20-16-13-6-4-8-19-15(13)21-11(2)22-16/h3-10H,1-2H3,(H,19,20,21,22)/t10-/m0/s1. The molecule has 0 aliphatic heterocycles. The highest BCUT2D eigenvalue weighted by atomic mass is 16.5. The number of hydrogen-bond donors (Lipinski definition) is 1. The zero-order valence-electron chi connectivity index (χ0n) is 13.7. The van der Waals surface area contributed by atoms with Gasteiger partial charge in [0.2, 0.25) is 11.7 Å². The van der Waals surface area contributed by atoms with Crippen LogP contribution in [-0.4, -0.2) is 30.1 Å². The number of nitrogens with one attached hydrogen (secondary N) is 1. The number of aryl methyl sites for hydroxylation is 1. The summed E-state index contributed by atoms with van der Waals surface area (Å²) in [4.78, 5) is 21.6. The van der Waals surface area contributed by atoms with E-state index >= 15 is 0 Å². The summed E-state index contributed by atoms with van der Waals surface area (Å²) in [6.45, 7) is 3.76. The molecule has 4 aromatic heterocycles. The summed E-state index contributed by atoms with van der Waals surface area (Å²) in [6.07, 6.45) is 5.10. The van der Waals surface area contributed by atoms with E-state index < -0.39 is 0 Å². The number of pyridine rings is 2. The Labute approximate surface area is 143 Å². The van der Waals surface area contributed by atoms with Gasteiger partial charge >= 0.3 is 0 Å². The summed E-state index contributed by atoms with van der Waals surface area (Å²) < 4.78 is 5.38. The van der Waals surface area contributed by atoms with Gasteiger partial charge in [0.15, 0.2) is 5.65 Å². The summed E-state index contributed by atoms with van der Waals surface area (Å²) in [5.41, 5.74) is 1.45. The molecule has 1 atom stereocenters. The molecule has 124 valence electrons. The molecule has 0 unspecified atom stereocenters. The van der Waals surface area contributed by atoms with Gasteiger partial charge in [-0.2, -0.15) is 4.98 Å². The lowest BCUT2D eigenvalue weighted by Gasteiger charge is -2.12. The fourth-order valence-electron chi connectivity index (χ4n) is 2.47. The average Bonchev–Trinajstić information content (AvgIpc) is 3.12. The van der Waals surface area contributed by atoms with Crippen LogP contribution in [0.4, 0.5) is 5.82 Å². The maximum absolute atomic E-state index is 5.38. The van der Waals surface area contributed by atoms with Crippen LogP contribution >= 0.6 is 0 Å². The molecule has 4 heterocycles. The van der Waals surface area contributed by atoms with Crippen molar-refractivity contribution in [3.8, 4) is 11.4 Å². The lowest BCUT2D eigenvalue weighted by molar-refractivity contribution is 0.368. The van der Waals surface area contributed by atoms with Gasteiger partial charge in [0.25, 0.3) is 0 Å². The van der Waals surface area contributed by atoms with Crippen molar-refractivity contribution in [2.45, 2.75) is 19.9 Å². The monoisotopic (exact) mass is 333 g/mol. The highest BCUT2D eigenvalue weighted by Crippen LogP contribution is 2.24. The summed E-state index contributed by atoms with van der Waals surface area (Å²) in [7, 11) is 0. The SMILES string of the molecule is Cc1nc(N[C@@H](C)c2nc(-c3cccnc3)no2)c2cccnc2n1. The number of nitrogens with zero attached hydrogens (tertiary/aromatic N) is 6. The Kier molecular flexibility index (Phi) is 3.77. The van der Waals surface area contributed by atoms with Gasteiger partial charge in [0.1, 0.15) is 17.7 Å². The first kappa shape index (κ1) is 15.1. The van der Waals surface area contributed by atoms with E-state index in [9.17, 15) is 0 Å². The molecule has 0 aliphatic rings. The van der Waals surface area contributed by atoms with E-state index in [-0.39, 0.29) is 6.04 Å². The van der Waals surface area contributed by atoms with Gasteiger partial charge in [-0.3, -0.25) is 4.98 Å². The Hall–Kier alpha value is -3.42. The predicted octanol–water partition coefficient (Wildman–Crippen LogP) is 2.95. The molecule has 0 bridgehead atoms. The molecule has 0 amide bonds. The first-order valence-electron chi connectivity index (χ1n) is 7.80. The largest absolute Gasteiger partial charge is 0.358 e. The Morgan fingerprint density at radius 3 is 2.80 bits per heavy atom. The molecule has 0 saturated carbocycles. The second-order valence-electron chi connectivity index (χ2n) is 5.56. The van der Waals surface area contributed by atoms with E-state index in [0.29, 0.717) is 29.0 Å². The first-order valence-corrected chi connectivity index (χ1v) is 7.80. The third-order valence-electron chi connectivity index (χ3n) is 3.67. The van der Waals surface area contributed by atoms with Gasteiger partial charge < -0.3 is 9.84 Å². The Bertz CT molecular complexity index is 1020. The van der Waals surface area contributed by atoms with Gasteiger partial charge in [0, 0.05) is 24.2 Å². The Morgan fingerprint density at radius 1 is 1.08 bits per heavy atom. The molecule has 0 radical (unpaired) electrons. The fourth-order valence-corrected chi connectivity index (χ4v) is 2.47. The minimum atomic E-state index is -0.226. The maximum atomic E-state index is 5.38. The second-order valence-corrected chi connectivity index (χ2v) is 5.56. The molecule has 0 aliphatic carbocycles. The van der Waals surface area contributed by atoms with Crippen molar-refractivity contribution >= 4 is 16.9 Å². The molecule has 0 fully saturated rings. The molecule has 0 saturated heterocycles. The van der Waals surface area contributed by atoms with Crippen molar-refractivity contribution in [1.82, 2.24) is 30.1 Å². The number of aromatic nitrogens is 6. The molecular formula is C17H15N7O. The van der Waals surface area contributed by atoms with Crippen molar-refractivity contribution in [3.05, 3.63) is 54.6 Å². The minimum absolute atomic E-state index is 0.226. The van der Waals surface area contributed by atoms with Gasteiger partial charge in [0.05, 0.1) is 5.39 Å². The molecule has 8 nitrogen and oxygen atoms in total. The summed E-state index contributed by atoms with van der Waals surface area (Å²) >= 11 is 0. The van der Waals surface area contributed by atoms with Gasteiger partial charge in [-0.15, -0.1) is 0 Å². The zero-order valence-corrected chi connectivity index (χ0v) is 13.7. The van der Waals surface area contributed by atoms with E-state index in [1.54, 1.807) is 18.6 Å². The Balaban J connectivity index is 1.63. The lowest BCUT2D eigenvalue weighted by Crippen LogP contribution is -2.10. The minimum Gasteiger partial charge on any atom is -0.358 e. The molecule has 4 rings (SSSR count). The van der Waals surface area contributed by atoms with E-state index in [4.69, 9.17) is 4.52 Å². The molecule has 8 heteroatoms. The molecule has 0 aromatic carbocycles. The van der Waals surface area contributed by atoms with Gasteiger partial charge in [-0.05, 0) is 38.1 Å².